The molecule has 0 spiro atoms. The molecule has 1 saturated heterocycles. The maximum absolute atomic E-state index is 10.1. The number of hydrogen-bond donors (Lipinski definition) is 2. The van der Waals surface area contributed by atoms with Gasteiger partial charge in [0.25, 0.3) is 0 Å². The Morgan fingerprint density at radius 2 is 2.00 bits per heavy atom. The third-order valence-corrected chi connectivity index (χ3v) is 1.56. The molecule has 7 heteroatoms. The normalized spacial score (nSPS) is 20.9. The molecule has 0 atom stereocenters. The van der Waals surface area contributed by atoms with Gasteiger partial charge in [0.15, 0.2) is 6.29 Å². The number of phosphoric acid groups is 1. The van der Waals surface area contributed by atoms with E-state index in [4.69, 9.17) is 19.3 Å². The van der Waals surface area contributed by atoms with Crippen LogP contribution < -0.4 is 0 Å². The molecule has 0 aromatic rings. The molecule has 1 heterocycles. The summed E-state index contributed by atoms with van der Waals surface area (Å²) in [5.41, 5.74) is 0. The Balaban J connectivity index is 2.16. The molecule has 0 bridgehead atoms. The summed E-state index contributed by atoms with van der Waals surface area (Å²) >= 11 is 0. The van der Waals surface area contributed by atoms with Crippen molar-refractivity contribution in [2.45, 2.75) is 6.29 Å². The van der Waals surface area contributed by atoms with E-state index in [-0.39, 0.29) is 6.61 Å². The topological polar surface area (TPSA) is 85.2 Å². The third kappa shape index (κ3) is 3.81. The van der Waals surface area contributed by atoms with Crippen molar-refractivity contribution in [1.29, 1.82) is 0 Å². The summed E-state index contributed by atoms with van der Waals surface area (Å²) in [6.45, 7) is 0.647. The molecule has 2 N–H and O–H groups in total. The third-order valence-electron chi connectivity index (χ3n) is 1.07. The van der Waals surface area contributed by atoms with Crippen LogP contribution in [0.2, 0.25) is 0 Å². The smallest absolute Gasteiger partial charge is 0.348 e. The van der Waals surface area contributed by atoms with Gasteiger partial charge in [-0.25, -0.2) is 4.57 Å². The predicted octanol–water partition coefficient (Wildman–Crippen LogP) is -0.531. The van der Waals surface area contributed by atoms with Gasteiger partial charge in [-0.3, -0.25) is 4.52 Å². The highest BCUT2D eigenvalue weighted by atomic mass is 31.2. The van der Waals surface area contributed by atoms with Crippen molar-refractivity contribution >= 4 is 7.82 Å². The van der Waals surface area contributed by atoms with Gasteiger partial charge >= 0.3 is 7.82 Å². The summed E-state index contributed by atoms with van der Waals surface area (Å²) in [6, 6.07) is 0. The van der Waals surface area contributed by atoms with Crippen LogP contribution in [0, 0.1) is 0 Å². The van der Waals surface area contributed by atoms with Gasteiger partial charge in [0.1, 0.15) is 6.61 Å². The Labute approximate surface area is 63.3 Å². The van der Waals surface area contributed by atoms with Gasteiger partial charge in [-0.2, -0.15) is 0 Å². The quantitative estimate of drug-likeness (QED) is 0.573. The fourth-order valence-electron chi connectivity index (χ4n) is 0.661. The van der Waals surface area contributed by atoms with E-state index in [9.17, 15) is 4.57 Å². The first kappa shape index (κ1) is 9.12. The van der Waals surface area contributed by atoms with Gasteiger partial charge in [0.2, 0.25) is 0 Å². The highest BCUT2D eigenvalue weighted by molar-refractivity contribution is 7.46. The Morgan fingerprint density at radius 3 is 2.45 bits per heavy atom. The molecule has 0 amide bonds. The molecule has 0 unspecified atom stereocenters. The first-order valence-corrected chi connectivity index (χ1v) is 4.54. The number of rotatable bonds is 3. The standard InChI is InChI=1S/C4H9O6P/c5-11(6,7)10-3-4-8-1-2-9-4/h4H,1-3H2,(H2,5,6,7). The monoisotopic (exact) mass is 184 g/mol. The molecule has 66 valence electrons. The van der Waals surface area contributed by atoms with Crippen LogP contribution >= 0.6 is 7.82 Å². The number of ether oxygens (including phenoxy) is 2. The molecule has 1 aliphatic rings. The van der Waals surface area contributed by atoms with Crippen molar-refractivity contribution in [2.24, 2.45) is 0 Å². The molecule has 0 aromatic heterocycles. The fourth-order valence-corrected chi connectivity index (χ4v) is 0.977. The van der Waals surface area contributed by atoms with Crippen molar-refractivity contribution < 1.29 is 28.3 Å². The first-order chi connectivity index (χ1) is 5.08. The average Bonchev–Trinajstić information content (AvgIpc) is 2.32. The van der Waals surface area contributed by atoms with Gasteiger partial charge in [-0.15, -0.1) is 0 Å². The minimum atomic E-state index is -4.38. The van der Waals surface area contributed by atoms with Crippen LogP contribution in [0.3, 0.4) is 0 Å². The number of phosphoric ester groups is 1. The van der Waals surface area contributed by atoms with Crippen molar-refractivity contribution in [3.05, 3.63) is 0 Å². The summed E-state index contributed by atoms with van der Waals surface area (Å²) in [4.78, 5) is 16.5. The molecule has 0 radical (unpaired) electrons. The highest BCUT2D eigenvalue weighted by Gasteiger charge is 2.21. The van der Waals surface area contributed by atoms with E-state index in [1.54, 1.807) is 0 Å². The lowest BCUT2D eigenvalue weighted by Gasteiger charge is -2.09. The van der Waals surface area contributed by atoms with Crippen molar-refractivity contribution in [1.82, 2.24) is 0 Å². The summed E-state index contributed by atoms with van der Waals surface area (Å²) in [5, 5.41) is 0. The van der Waals surface area contributed by atoms with Gasteiger partial charge < -0.3 is 19.3 Å². The van der Waals surface area contributed by atoms with Crippen LogP contribution in [-0.2, 0) is 18.6 Å². The maximum Gasteiger partial charge on any atom is 0.469 e. The summed E-state index contributed by atoms with van der Waals surface area (Å²) < 4.78 is 24.0. The zero-order valence-electron chi connectivity index (χ0n) is 5.67. The van der Waals surface area contributed by atoms with Gasteiger partial charge in [-0.1, -0.05) is 0 Å². The lowest BCUT2D eigenvalue weighted by molar-refractivity contribution is -0.0731. The largest absolute Gasteiger partial charge is 0.469 e. The minimum absolute atomic E-state index is 0.232. The first-order valence-electron chi connectivity index (χ1n) is 3.01. The molecular formula is C4H9O6P. The zero-order chi connectivity index (χ0) is 8.32. The van der Waals surface area contributed by atoms with Crippen molar-refractivity contribution in [3.8, 4) is 0 Å². The molecule has 11 heavy (non-hydrogen) atoms. The molecule has 0 saturated carbocycles. The highest BCUT2D eigenvalue weighted by Crippen LogP contribution is 2.36. The van der Waals surface area contributed by atoms with E-state index in [1.165, 1.54) is 0 Å². The van der Waals surface area contributed by atoms with Crippen LogP contribution in [0.1, 0.15) is 0 Å². The van der Waals surface area contributed by atoms with Crippen LogP contribution in [0.15, 0.2) is 0 Å². The Hall–Kier alpha value is 0.0300. The van der Waals surface area contributed by atoms with Crippen LogP contribution in [0.25, 0.3) is 0 Å². The second kappa shape index (κ2) is 3.62. The zero-order valence-corrected chi connectivity index (χ0v) is 6.57. The maximum atomic E-state index is 10.1. The Kier molecular flexibility index (Phi) is 3.00. The fraction of sp³-hybridized carbons (Fsp3) is 1.00. The average molecular weight is 184 g/mol. The summed E-state index contributed by atoms with van der Waals surface area (Å²) in [6.07, 6.45) is -0.636. The molecule has 1 rings (SSSR count). The van der Waals surface area contributed by atoms with E-state index >= 15 is 0 Å². The van der Waals surface area contributed by atoms with Crippen LogP contribution in [0.4, 0.5) is 0 Å². The van der Waals surface area contributed by atoms with Crippen molar-refractivity contribution in [3.63, 3.8) is 0 Å². The lowest BCUT2D eigenvalue weighted by Crippen LogP contribution is -2.14. The van der Waals surface area contributed by atoms with E-state index in [0.29, 0.717) is 13.2 Å². The summed E-state index contributed by atoms with van der Waals surface area (Å²) in [5.74, 6) is 0. The molecule has 0 aromatic carbocycles. The van der Waals surface area contributed by atoms with E-state index < -0.39 is 14.1 Å². The van der Waals surface area contributed by atoms with E-state index in [1.807, 2.05) is 0 Å². The van der Waals surface area contributed by atoms with Gasteiger partial charge in [-0.05, 0) is 0 Å². The summed E-state index contributed by atoms with van der Waals surface area (Å²) in [7, 11) is -4.38. The second-order valence-electron chi connectivity index (χ2n) is 1.96. The van der Waals surface area contributed by atoms with Gasteiger partial charge in [0.05, 0.1) is 13.2 Å². The molecule has 1 fully saturated rings. The predicted molar refractivity (Wildman–Crippen MR) is 33.7 cm³/mol. The van der Waals surface area contributed by atoms with Crippen molar-refractivity contribution in [2.75, 3.05) is 19.8 Å². The molecule has 1 aliphatic heterocycles. The Morgan fingerprint density at radius 1 is 1.45 bits per heavy atom. The lowest BCUT2D eigenvalue weighted by atomic mass is 10.7. The van der Waals surface area contributed by atoms with Crippen LogP contribution in [-0.4, -0.2) is 35.9 Å². The van der Waals surface area contributed by atoms with E-state index in [2.05, 4.69) is 4.52 Å². The SMILES string of the molecule is O=P(O)(O)OCC1OCCO1. The van der Waals surface area contributed by atoms with Gasteiger partial charge in [0, 0.05) is 0 Å². The van der Waals surface area contributed by atoms with E-state index in [0.717, 1.165) is 0 Å². The minimum Gasteiger partial charge on any atom is -0.348 e. The van der Waals surface area contributed by atoms with Crippen LogP contribution in [0.5, 0.6) is 0 Å². The number of hydrogen-bond acceptors (Lipinski definition) is 4. The molecular weight excluding hydrogens is 175 g/mol. The molecule has 6 nitrogen and oxygen atoms in total. The molecule has 0 aliphatic carbocycles. The second-order valence-corrected chi connectivity index (χ2v) is 3.20. The Bertz CT molecular complexity index is 158.